The van der Waals surface area contributed by atoms with Crippen LogP contribution in [-0.4, -0.2) is 46.9 Å². The van der Waals surface area contributed by atoms with E-state index in [9.17, 15) is 9.59 Å². The fourth-order valence-corrected chi connectivity index (χ4v) is 4.66. The lowest BCUT2D eigenvalue weighted by atomic mass is 10.0. The van der Waals surface area contributed by atoms with Crippen molar-refractivity contribution < 1.29 is 14.3 Å². The molecule has 0 radical (unpaired) electrons. The van der Waals surface area contributed by atoms with Gasteiger partial charge in [0, 0.05) is 36.7 Å². The Morgan fingerprint density at radius 1 is 1.26 bits per heavy atom. The van der Waals surface area contributed by atoms with Crippen LogP contribution in [0.2, 0.25) is 0 Å². The number of carbonyl (C=O) groups is 1. The van der Waals surface area contributed by atoms with Gasteiger partial charge in [0.05, 0.1) is 20.3 Å². The standard InChI is InChI=1S/C19H21N3O4S/c1-25-12-5-6-13(16(10-12)26-2)15-4-3-7-21(15)17(23)14-11-20-19-22(18(14)24)8-9-27-19/h5-6,10-11,15H,3-4,7-9H2,1-2H3/t15-/m1/s1. The molecule has 0 bridgehead atoms. The van der Waals surface area contributed by atoms with Crippen LogP contribution in [0.1, 0.15) is 34.8 Å². The molecule has 4 rings (SSSR count). The zero-order valence-corrected chi connectivity index (χ0v) is 16.1. The zero-order valence-electron chi connectivity index (χ0n) is 15.3. The minimum atomic E-state index is -0.264. The third-order valence-electron chi connectivity index (χ3n) is 5.10. The lowest BCUT2D eigenvalue weighted by molar-refractivity contribution is 0.0730. The number of hydrogen-bond donors (Lipinski definition) is 0. The van der Waals surface area contributed by atoms with Crippen LogP contribution in [-0.2, 0) is 6.54 Å². The maximum absolute atomic E-state index is 13.2. The SMILES string of the molecule is COc1ccc([C@H]2CCCN2C(=O)c2cnc3n(c2=O)CCS3)c(OC)c1. The van der Waals surface area contributed by atoms with Gasteiger partial charge in [-0.15, -0.1) is 0 Å². The molecule has 2 aliphatic rings. The molecular formula is C19H21N3O4S. The van der Waals surface area contributed by atoms with Gasteiger partial charge in [0.15, 0.2) is 5.16 Å². The molecule has 1 aromatic heterocycles. The predicted octanol–water partition coefficient (Wildman–Crippen LogP) is 2.34. The van der Waals surface area contributed by atoms with Crippen LogP contribution in [0.25, 0.3) is 0 Å². The molecule has 0 unspecified atom stereocenters. The van der Waals surface area contributed by atoms with Crippen molar-refractivity contribution in [3.63, 3.8) is 0 Å². The van der Waals surface area contributed by atoms with Gasteiger partial charge in [0.1, 0.15) is 17.1 Å². The van der Waals surface area contributed by atoms with Crippen molar-refractivity contribution in [3.8, 4) is 11.5 Å². The molecule has 0 N–H and O–H groups in total. The topological polar surface area (TPSA) is 73.7 Å². The highest BCUT2D eigenvalue weighted by Gasteiger charge is 2.34. The van der Waals surface area contributed by atoms with Gasteiger partial charge in [-0.3, -0.25) is 14.2 Å². The van der Waals surface area contributed by atoms with E-state index in [1.54, 1.807) is 23.7 Å². The van der Waals surface area contributed by atoms with Gasteiger partial charge < -0.3 is 14.4 Å². The van der Waals surface area contributed by atoms with E-state index in [4.69, 9.17) is 9.47 Å². The number of methoxy groups -OCH3 is 2. The summed E-state index contributed by atoms with van der Waals surface area (Å²) in [6.45, 7) is 1.21. The quantitative estimate of drug-likeness (QED) is 0.750. The first kappa shape index (κ1) is 17.9. The molecular weight excluding hydrogens is 366 g/mol. The number of benzene rings is 1. The third-order valence-corrected chi connectivity index (χ3v) is 6.07. The van der Waals surface area contributed by atoms with E-state index in [1.807, 2.05) is 18.2 Å². The zero-order chi connectivity index (χ0) is 19.0. The highest BCUT2D eigenvalue weighted by atomic mass is 32.2. The van der Waals surface area contributed by atoms with Crippen LogP contribution in [0.15, 0.2) is 34.3 Å². The van der Waals surface area contributed by atoms with Crippen LogP contribution in [0.3, 0.4) is 0 Å². The molecule has 1 amide bonds. The lowest BCUT2D eigenvalue weighted by Gasteiger charge is -2.26. The van der Waals surface area contributed by atoms with Crippen LogP contribution in [0.4, 0.5) is 0 Å². The molecule has 2 aliphatic heterocycles. The fraction of sp³-hybridized carbons (Fsp3) is 0.421. The molecule has 0 saturated carbocycles. The van der Waals surface area contributed by atoms with Gasteiger partial charge in [-0.25, -0.2) is 4.98 Å². The lowest BCUT2D eigenvalue weighted by Crippen LogP contribution is -2.36. The monoisotopic (exact) mass is 387 g/mol. The minimum absolute atomic E-state index is 0.134. The maximum Gasteiger partial charge on any atom is 0.267 e. The minimum Gasteiger partial charge on any atom is -0.497 e. The molecule has 1 saturated heterocycles. The second kappa shape index (κ2) is 7.26. The van der Waals surface area contributed by atoms with Crippen molar-refractivity contribution in [1.29, 1.82) is 0 Å². The second-order valence-corrected chi connectivity index (χ2v) is 7.59. The molecule has 1 fully saturated rings. The first-order valence-electron chi connectivity index (χ1n) is 8.89. The van der Waals surface area contributed by atoms with Crippen molar-refractivity contribution >= 4 is 17.7 Å². The highest BCUT2D eigenvalue weighted by Crippen LogP contribution is 2.39. The molecule has 142 valence electrons. The van der Waals surface area contributed by atoms with Crippen molar-refractivity contribution in [2.24, 2.45) is 0 Å². The summed E-state index contributed by atoms with van der Waals surface area (Å²) in [5.74, 6) is 1.93. The van der Waals surface area contributed by atoms with Gasteiger partial charge in [0.2, 0.25) is 0 Å². The van der Waals surface area contributed by atoms with Crippen molar-refractivity contribution in [2.75, 3.05) is 26.5 Å². The summed E-state index contributed by atoms with van der Waals surface area (Å²) < 4.78 is 12.4. The van der Waals surface area contributed by atoms with Crippen molar-refractivity contribution in [3.05, 3.63) is 45.9 Å². The van der Waals surface area contributed by atoms with Crippen LogP contribution < -0.4 is 15.0 Å². The van der Waals surface area contributed by atoms with E-state index in [0.717, 1.165) is 24.2 Å². The number of thioether (sulfide) groups is 1. The summed E-state index contributed by atoms with van der Waals surface area (Å²) in [6.07, 6.45) is 3.13. The fourth-order valence-electron chi connectivity index (χ4n) is 3.75. The maximum atomic E-state index is 13.2. The molecule has 1 aromatic carbocycles. The first-order valence-corrected chi connectivity index (χ1v) is 9.88. The van der Waals surface area contributed by atoms with E-state index in [2.05, 4.69) is 4.98 Å². The number of aromatic nitrogens is 2. The Hall–Kier alpha value is -2.48. The smallest absolute Gasteiger partial charge is 0.267 e. The normalized spacial score (nSPS) is 18.4. The van der Waals surface area contributed by atoms with Crippen LogP contribution in [0, 0.1) is 0 Å². The number of carbonyl (C=O) groups excluding carboxylic acids is 1. The number of fused-ring (bicyclic) bond motifs is 1. The molecule has 27 heavy (non-hydrogen) atoms. The number of nitrogens with zero attached hydrogens (tertiary/aromatic N) is 3. The molecule has 7 nitrogen and oxygen atoms in total. The Morgan fingerprint density at radius 2 is 2.11 bits per heavy atom. The molecule has 1 atom stereocenters. The number of hydrogen-bond acceptors (Lipinski definition) is 6. The number of amides is 1. The van der Waals surface area contributed by atoms with Crippen LogP contribution >= 0.6 is 11.8 Å². The molecule has 0 aliphatic carbocycles. The molecule has 2 aromatic rings. The van der Waals surface area contributed by atoms with E-state index in [0.29, 0.717) is 29.7 Å². The Morgan fingerprint density at radius 3 is 2.89 bits per heavy atom. The van der Waals surface area contributed by atoms with Crippen molar-refractivity contribution in [2.45, 2.75) is 30.6 Å². The average Bonchev–Trinajstić information content (AvgIpc) is 3.37. The van der Waals surface area contributed by atoms with Crippen molar-refractivity contribution in [1.82, 2.24) is 14.5 Å². The Kier molecular flexibility index (Phi) is 4.82. The second-order valence-electron chi connectivity index (χ2n) is 6.52. The Bertz CT molecular complexity index is 943. The van der Waals surface area contributed by atoms with Gasteiger partial charge in [-0.05, 0) is 25.0 Å². The first-order chi connectivity index (χ1) is 13.1. The molecule has 8 heteroatoms. The largest absolute Gasteiger partial charge is 0.497 e. The van der Waals surface area contributed by atoms with Gasteiger partial charge >= 0.3 is 0 Å². The summed E-state index contributed by atoms with van der Waals surface area (Å²) >= 11 is 1.54. The number of likely N-dealkylation sites (tertiary alicyclic amines) is 1. The summed E-state index contributed by atoms with van der Waals surface area (Å²) in [6, 6.07) is 5.48. The van der Waals surface area contributed by atoms with E-state index < -0.39 is 0 Å². The van der Waals surface area contributed by atoms with Gasteiger partial charge in [-0.1, -0.05) is 11.8 Å². The average molecular weight is 387 g/mol. The summed E-state index contributed by atoms with van der Waals surface area (Å²) in [7, 11) is 3.21. The predicted molar refractivity (Wildman–Crippen MR) is 102 cm³/mol. The number of rotatable bonds is 4. The summed E-state index contributed by atoms with van der Waals surface area (Å²) in [5.41, 5.74) is 0.817. The van der Waals surface area contributed by atoms with Gasteiger partial charge in [0.25, 0.3) is 11.5 Å². The van der Waals surface area contributed by atoms with E-state index >= 15 is 0 Å². The molecule has 3 heterocycles. The summed E-state index contributed by atoms with van der Waals surface area (Å²) in [4.78, 5) is 32.0. The summed E-state index contributed by atoms with van der Waals surface area (Å²) in [5, 5.41) is 0.686. The van der Waals surface area contributed by atoms with Crippen LogP contribution in [0.5, 0.6) is 11.5 Å². The third kappa shape index (κ3) is 3.07. The van der Waals surface area contributed by atoms with E-state index in [-0.39, 0.29) is 23.1 Å². The highest BCUT2D eigenvalue weighted by molar-refractivity contribution is 7.99. The Balaban J connectivity index is 1.68. The molecule has 0 spiro atoms. The van der Waals surface area contributed by atoms with E-state index in [1.165, 1.54) is 18.0 Å². The number of ether oxygens (including phenoxy) is 2. The van der Waals surface area contributed by atoms with Gasteiger partial charge in [-0.2, -0.15) is 0 Å². The Labute approximate surface area is 161 Å².